The van der Waals surface area contributed by atoms with Crippen LogP contribution in [-0.2, 0) is 5.41 Å². The van der Waals surface area contributed by atoms with Crippen LogP contribution in [0.4, 0.5) is 0 Å². The first kappa shape index (κ1) is 17.5. The molecular formula is C17H27IN4. The molecule has 4 nitrogen and oxygen atoms in total. The standard InChI is InChI=1S/C17H26N4.HI/c18-16(21-12-5-1-2-6-13-21)20-14-17(9-7-10-17)15-8-3-4-11-19-15;/h3-4,8,11H,1-2,5-7,9-10,12-14H2,(H2,18,20);1H. The molecule has 2 aliphatic rings. The number of aromatic nitrogens is 1. The quantitative estimate of drug-likeness (QED) is 0.469. The lowest BCUT2D eigenvalue weighted by molar-refractivity contribution is 0.245. The second-order valence-corrected chi connectivity index (χ2v) is 6.42. The number of aliphatic imine (C=N–C) groups is 1. The van der Waals surface area contributed by atoms with Crippen LogP contribution in [0.2, 0.25) is 0 Å². The zero-order chi connectivity index (χ0) is 14.5. The molecule has 2 heterocycles. The van der Waals surface area contributed by atoms with Crippen molar-refractivity contribution in [3.63, 3.8) is 0 Å². The first-order valence-electron chi connectivity index (χ1n) is 8.27. The Morgan fingerprint density at radius 1 is 1.14 bits per heavy atom. The van der Waals surface area contributed by atoms with Crippen molar-refractivity contribution in [1.29, 1.82) is 0 Å². The minimum absolute atomic E-state index is 0. The number of likely N-dealkylation sites (tertiary alicyclic amines) is 1. The summed E-state index contributed by atoms with van der Waals surface area (Å²) in [5, 5.41) is 0. The smallest absolute Gasteiger partial charge is 0.191 e. The Bertz CT molecular complexity index is 477. The van der Waals surface area contributed by atoms with E-state index in [2.05, 4.69) is 22.0 Å². The molecule has 1 aromatic rings. The molecule has 2 fully saturated rings. The monoisotopic (exact) mass is 414 g/mol. The zero-order valence-electron chi connectivity index (χ0n) is 13.2. The van der Waals surface area contributed by atoms with Gasteiger partial charge < -0.3 is 10.6 Å². The Hall–Kier alpha value is -0.850. The minimum atomic E-state index is 0. The maximum atomic E-state index is 6.24. The van der Waals surface area contributed by atoms with Gasteiger partial charge in [-0.2, -0.15) is 0 Å². The van der Waals surface area contributed by atoms with Crippen LogP contribution in [0.15, 0.2) is 29.4 Å². The van der Waals surface area contributed by atoms with E-state index in [1.165, 1.54) is 50.6 Å². The van der Waals surface area contributed by atoms with Crippen LogP contribution < -0.4 is 5.73 Å². The number of guanidine groups is 1. The SMILES string of the molecule is I.NC(=NCC1(c2ccccn2)CCC1)N1CCCCCC1. The fourth-order valence-corrected chi connectivity index (χ4v) is 3.41. The van der Waals surface area contributed by atoms with E-state index in [9.17, 15) is 0 Å². The number of rotatable bonds is 3. The van der Waals surface area contributed by atoms with Gasteiger partial charge >= 0.3 is 0 Å². The third-order valence-electron chi connectivity index (χ3n) is 4.99. The van der Waals surface area contributed by atoms with Crippen LogP contribution >= 0.6 is 24.0 Å². The van der Waals surface area contributed by atoms with Gasteiger partial charge in [0.1, 0.15) is 0 Å². The number of halogens is 1. The normalized spacial score (nSPS) is 21.5. The van der Waals surface area contributed by atoms with Gasteiger partial charge in [-0.3, -0.25) is 9.98 Å². The number of hydrogen-bond acceptors (Lipinski definition) is 2. The molecule has 1 aliphatic heterocycles. The van der Waals surface area contributed by atoms with E-state index in [1.54, 1.807) is 0 Å². The Balaban J connectivity index is 0.00000176. The highest BCUT2D eigenvalue weighted by molar-refractivity contribution is 14.0. The van der Waals surface area contributed by atoms with Crippen LogP contribution in [0, 0.1) is 0 Å². The van der Waals surface area contributed by atoms with Gasteiger partial charge in [0.05, 0.1) is 6.54 Å². The first-order chi connectivity index (χ1) is 10.3. The van der Waals surface area contributed by atoms with Gasteiger partial charge in [0.25, 0.3) is 0 Å². The summed E-state index contributed by atoms with van der Waals surface area (Å²) in [5.74, 6) is 0.735. The number of hydrogen-bond donors (Lipinski definition) is 1. The molecule has 5 heteroatoms. The molecular weight excluding hydrogens is 387 g/mol. The molecule has 3 rings (SSSR count). The summed E-state index contributed by atoms with van der Waals surface area (Å²) in [6.07, 6.45) is 10.6. The van der Waals surface area contributed by atoms with Crippen molar-refractivity contribution in [2.45, 2.75) is 50.4 Å². The summed E-state index contributed by atoms with van der Waals surface area (Å²) in [6.45, 7) is 2.91. The fourth-order valence-electron chi connectivity index (χ4n) is 3.41. The predicted molar refractivity (Wildman–Crippen MR) is 102 cm³/mol. The van der Waals surface area contributed by atoms with E-state index in [0.717, 1.165) is 25.6 Å². The summed E-state index contributed by atoms with van der Waals surface area (Å²) in [7, 11) is 0. The van der Waals surface area contributed by atoms with Gasteiger partial charge in [-0.05, 0) is 37.8 Å². The maximum Gasteiger partial charge on any atom is 0.191 e. The van der Waals surface area contributed by atoms with E-state index in [1.807, 2.05) is 12.3 Å². The predicted octanol–water partition coefficient (Wildman–Crippen LogP) is 3.31. The van der Waals surface area contributed by atoms with Crippen LogP contribution in [0.1, 0.15) is 50.6 Å². The van der Waals surface area contributed by atoms with Gasteiger partial charge in [0.15, 0.2) is 5.96 Å². The molecule has 1 saturated heterocycles. The van der Waals surface area contributed by atoms with Crippen molar-refractivity contribution in [3.05, 3.63) is 30.1 Å². The third kappa shape index (κ3) is 3.91. The molecule has 22 heavy (non-hydrogen) atoms. The second kappa shape index (κ2) is 8.13. The van der Waals surface area contributed by atoms with Crippen LogP contribution in [0.25, 0.3) is 0 Å². The van der Waals surface area contributed by atoms with Crippen molar-refractivity contribution in [1.82, 2.24) is 9.88 Å². The highest BCUT2D eigenvalue weighted by Crippen LogP contribution is 2.43. The van der Waals surface area contributed by atoms with E-state index in [-0.39, 0.29) is 29.4 Å². The molecule has 0 unspecified atom stereocenters. The average molecular weight is 414 g/mol. The van der Waals surface area contributed by atoms with Gasteiger partial charge in [-0.1, -0.05) is 25.3 Å². The van der Waals surface area contributed by atoms with Crippen molar-refractivity contribution in [3.8, 4) is 0 Å². The Kier molecular flexibility index (Phi) is 6.47. The summed E-state index contributed by atoms with van der Waals surface area (Å²) in [6, 6.07) is 6.19. The molecule has 0 atom stereocenters. The number of nitrogens with two attached hydrogens (primary N) is 1. The van der Waals surface area contributed by atoms with Gasteiger partial charge in [-0.15, -0.1) is 24.0 Å². The Morgan fingerprint density at radius 3 is 2.41 bits per heavy atom. The maximum absolute atomic E-state index is 6.24. The highest BCUT2D eigenvalue weighted by Gasteiger charge is 2.39. The van der Waals surface area contributed by atoms with Gasteiger partial charge in [0, 0.05) is 30.4 Å². The molecule has 0 aromatic carbocycles. The van der Waals surface area contributed by atoms with Crippen molar-refractivity contribution in [2.75, 3.05) is 19.6 Å². The lowest BCUT2D eigenvalue weighted by atomic mass is 9.66. The molecule has 122 valence electrons. The Labute approximate surface area is 150 Å². The lowest BCUT2D eigenvalue weighted by Crippen LogP contribution is -2.42. The topological polar surface area (TPSA) is 54.5 Å². The largest absolute Gasteiger partial charge is 0.370 e. The molecule has 0 spiro atoms. The van der Waals surface area contributed by atoms with Gasteiger partial charge in [-0.25, -0.2) is 0 Å². The molecule has 1 aliphatic carbocycles. The number of pyridine rings is 1. The molecule has 0 bridgehead atoms. The molecule has 1 aromatic heterocycles. The average Bonchev–Trinajstić information content (AvgIpc) is 2.76. The van der Waals surface area contributed by atoms with E-state index in [0.29, 0.717) is 0 Å². The molecule has 0 amide bonds. The fraction of sp³-hybridized carbons (Fsp3) is 0.647. The summed E-state index contributed by atoms with van der Waals surface area (Å²) in [5.41, 5.74) is 7.56. The number of nitrogens with zero attached hydrogens (tertiary/aromatic N) is 3. The van der Waals surface area contributed by atoms with Crippen molar-refractivity contribution < 1.29 is 0 Å². The first-order valence-corrected chi connectivity index (χ1v) is 8.27. The summed E-state index contributed by atoms with van der Waals surface area (Å²) in [4.78, 5) is 11.6. The highest BCUT2D eigenvalue weighted by atomic mass is 127. The van der Waals surface area contributed by atoms with Crippen molar-refractivity contribution in [2.24, 2.45) is 10.7 Å². The third-order valence-corrected chi connectivity index (χ3v) is 4.99. The molecule has 2 N–H and O–H groups in total. The van der Waals surface area contributed by atoms with Crippen LogP contribution in [-0.4, -0.2) is 35.5 Å². The van der Waals surface area contributed by atoms with Crippen molar-refractivity contribution >= 4 is 29.9 Å². The molecule has 1 saturated carbocycles. The van der Waals surface area contributed by atoms with Crippen LogP contribution in [0.3, 0.4) is 0 Å². The summed E-state index contributed by atoms with van der Waals surface area (Å²) < 4.78 is 0. The van der Waals surface area contributed by atoms with Crippen LogP contribution in [0.5, 0.6) is 0 Å². The second-order valence-electron chi connectivity index (χ2n) is 6.42. The van der Waals surface area contributed by atoms with Gasteiger partial charge in [0.2, 0.25) is 0 Å². The molecule has 0 radical (unpaired) electrons. The minimum Gasteiger partial charge on any atom is -0.370 e. The Morgan fingerprint density at radius 2 is 1.86 bits per heavy atom. The summed E-state index contributed by atoms with van der Waals surface area (Å²) >= 11 is 0. The van der Waals surface area contributed by atoms with E-state index >= 15 is 0 Å². The lowest BCUT2D eigenvalue weighted by Gasteiger charge is -2.40. The van der Waals surface area contributed by atoms with E-state index < -0.39 is 0 Å². The zero-order valence-corrected chi connectivity index (χ0v) is 15.5. The van der Waals surface area contributed by atoms with E-state index in [4.69, 9.17) is 10.7 Å².